The molecule has 0 atom stereocenters. The van der Waals surface area contributed by atoms with Crippen molar-refractivity contribution in [1.29, 1.82) is 5.26 Å². The van der Waals surface area contributed by atoms with Crippen molar-refractivity contribution in [3.63, 3.8) is 0 Å². The monoisotopic (exact) mass is 457 g/mol. The molecule has 176 valence electrons. The molecule has 0 saturated carbocycles. The second-order valence-electron chi connectivity index (χ2n) is 8.52. The zero-order chi connectivity index (χ0) is 24.2. The topological polar surface area (TPSA) is 91.2 Å². The van der Waals surface area contributed by atoms with Gasteiger partial charge in [-0.2, -0.15) is 10.4 Å². The summed E-state index contributed by atoms with van der Waals surface area (Å²) in [5.74, 6) is -0.0441. The van der Waals surface area contributed by atoms with Crippen molar-refractivity contribution in [2.24, 2.45) is 0 Å². The summed E-state index contributed by atoms with van der Waals surface area (Å²) in [6.45, 7) is 12.3. The van der Waals surface area contributed by atoms with Crippen LogP contribution >= 0.6 is 0 Å². The average molecular weight is 458 g/mol. The minimum atomic E-state index is -0.0441. The lowest BCUT2D eigenvalue weighted by molar-refractivity contribution is -0.116. The minimum absolute atomic E-state index is 0.0441. The van der Waals surface area contributed by atoms with Gasteiger partial charge in [-0.15, -0.1) is 0 Å². The molecule has 3 heterocycles. The molecule has 3 aromatic heterocycles. The number of aromatic nitrogens is 4. The van der Waals surface area contributed by atoms with Crippen LogP contribution in [0.5, 0.6) is 0 Å². The van der Waals surface area contributed by atoms with Gasteiger partial charge in [-0.25, -0.2) is 9.50 Å². The van der Waals surface area contributed by atoms with Crippen LogP contribution in [0.15, 0.2) is 36.7 Å². The summed E-state index contributed by atoms with van der Waals surface area (Å²) in [6.07, 6.45) is 4.53. The number of hydrogen-bond donors (Lipinski definition) is 1. The van der Waals surface area contributed by atoms with Crippen LogP contribution in [-0.4, -0.2) is 49.6 Å². The zero-order valence-corrected chi connectivity index (χ0v) is 20.3. The number of likely N-dealkylation sites (N-methyl/N-ethyl adjacent to an activating group) is 1. The van der Waals surface area contributed by atoms with E-state index >= 15 is 0 Å². The summed E-state index contributed by atoms with van der Waals surface area (Å²) in [5, 5.41) is 17.6. The summed E-state index contributed by atoms with van der Waals surface area (Å²) in [4.78, 5) is 19.7. The van der Waals surface area contributed by atoms with Gasteiger partial charge in [0.15, 0.2) is 5.65 Å². The fourth-order valence-electron chi connectivity index (χ4n) is 4.48. The number of nitrogens with zero attached hydrogens (tertiary/aromatic N) is 6. The molecule has 0 radical (unpaired) electrons. The van der Waals surface area contributed by atoms with E-state index in [1.54, 1.807) is 4.52 Å². The number of aryl methyl sites for hydroxylation is 2. The smallest absolute Gasteiger partial charge is 0.224 e. The summed E-state index contributed by atoms with van der Waals surface area (Å²) in [7, 11) is 0. The maximum atomic E-state index is 12.7. The molecule has 0 aliphatic carbocycles. The van der Waals surface area contributed by atoms with Crippen molar-refractivity contribution in [2.45, 2.75) is 47.1 Å². The Morgan fingerprint density at radius 3 is 2.74 bits per heavy atom. The van der Waals surface area contributed by atoms with Gasteiger partial charge in [0.2, 0.25) is 5.91 Å². The Balaban J connectivity index is 1.41. The Morgan fingerprint density at radius 1 is 1.21 bits per heavy atom. The number of nitrogens with one attached hydrogen (secondary N) is 1. The number of rotatable bonds is 9. The lowest BCUT2D eigenvalue weighted by Crippen LogP contribution is -2.26. The lowest BCUT2D eigenvalue weighted by atomic mass is 10.1. The maximum Gasteiger partial charge on any atom is 0.224 e. The van der Waals surface area contributed by atoms with Gasteiger partial charge in [-0.3, -0.25) is 4.79 Å². The van der Waals surface area contributed by atoms with Crippen molar-refractivity contribution < 1.29 is 4.79 Å². The summed E-state index contributed by atoms with van der Waals surface area (Å²) in [6, 6.07) is 10.3. The number of amides is 1. The number of carbonyl (C=O) groups is 1. The highest BCUT2D eigenvalue weighted by molar-refractivity contribution is 5.94. The fraction of sp³-hybridized carbons (Fsp3) is 0.385. The Bertz CT molecular complexity index is 1370. The van der Waals surface area contributed by atoms with Crippen LogP contribution in [0, 0.1) is 25.2 Å². The molecule has 8 heteroatoms. The normalized spacial score (nSPS) is 11.4. The van der Waals surface area contributed by atoms with Gasteiger partial charge in [-0.05, 0) is 63.2 Å². The van der Waals surface area contributed by atoms with Gasteiger partial charge in [0, 0.05) is 53.7 Å². The number of carbonyl (C=O) groups excluding carboxylic acids is 1. The van der Waals surface area contributed by atoms with Gasteiger partial charge in [0.1, 0.15) is 11.6 Å². The summed E-state index contributed by atoms with van der Waals surface area (Å²) in [5.41, 5.74) is 5.69. The first-order valence-corrected chi connectivity index (χ1v) is 11.8. The molecule has 0 aliphatic rings. The molecule has 0 bridgehead atoms. The Hall–Kier alpha value is -3.70. The third kappa shape index (κ3) is 4.66. The lowest BCUT2D eigenvalue weighted by Gasteiger charge is -2.18. The first-order valence-electron chi connectivity index (χ1n) is 11.8. The molecule has 4 aromatic rings. The average Bonchev–Trinajstić information content (AvgIpc) is 3.43. The van der Waals surface area contributed by atoms with Crippen molar-refractivity contribution >= 4 is 28.1 Å². The Kier molecular flexibility index (Phi) is 6.94. The van der Waals surface area contributed by atoms with Crippen LogP contribution in [-0.2, 0) is 17.8 Å². The van der Waals surface area contributed by atoms with Crippen LogP contribution < -0.4 is 5.32 Å². The van der Waals surface area contributed by atoms with E-state index in [1.807, 2.05) is 26.0 Å². The molecule has 0 spiro atoms. The van der Waals surface area contributed by atoms with Crippen LogP contribution in [0.2, 0.25) is 0 Å². The van der Waals surface area contributed by atoms with Gasteiger partial charge in [0.05, 0.1) is 6.20 Å². The fourth-order valence-corrected chi connectivity index (χ4v) is 4.48. The highest BCUT2D eigenvalue weighted by Crippen LogP contribution is 2.22. The maximum absolute atomic E-state index is 12.7. The quantitative estimate of drug-likeness (QED) is 0.409. The third-order valence-electron chi connectivity index (χ3n) is 6.54. The van der Waals surface area contributed by atoms with Crippen LogP contribution in [0.3, 0.4) is 0 Å². The van der Waals surface area contributed by atoms with Gasteiger partial charge < -0.3 is 14.8 Å². The molecule has 0 unspecified atom stereocenters. The molecule has 1 amide bonds. The van der Waals surface area contributed by atoms with Crippen molar-refractivity contribution in [3.05, 3.63) is 59.2 Å². The number of fused-ring (bicyclic) bond motifs is 2. The summed E-state index contributed by atoms with van der Waals surface area (Å²) >= 11 is 0. The van der Waals surface area contributed by atoms with Crippen LogP contribution in [0.1, 0.15) is 42.8 Å². The van der Waals surface area contributed by atoms with Crippen LogP contribution in [0.25, 0.3) is 16.6 Å². The third-order valence-corrected chi connectivity index (χ3v) is 6.54. The minimum Gasteiger partial charge on any atom is -0.346 e. The summed E-state index contributed by atoms with van der Waals surface area (Å²) < 4.78 is 3.94. The van der Waals surface area contributed by atoms with Crippen molar-refractivity contribution in [3.8, 4) is 6.07 Å². The molecule has 0 fully saturated rings. The SMILES string of the molecule is CCN(CC)CCn1ccc2cc(NC(=O)CCc3c(C)nc4c(C#N)cnn4c3C)ccc21. The van der Waals surface area contributed by atoms with E-state index < -0.39 is 0 Å². The molecule has 4 rings (SSSR count). The van der Waals surface area contributed by atoms with Gasteiger partial charge in [0.25, 0.3) is 0 Å². The predicted octanol–water partition coefficient (Wildman–Crippen LogP) is 4.09. The van der Waals surface area contributed by atoms with Gasteiger partial charge in [-0.1, -0.05) is 13.8 Å². The molecule has 1 aromatic carbocycles. The first-order chi connectivity index (χ1) is 16.4. The molecule has 0 aliphatic heterocycles. The first kappa shape index (κ1) is 23.5. The molecular weight excluding hydrogens is 426 g/mol. The Labute approximate surface area is 199 Å². The molecule has 34 heavy (non-hydrogen) atoms. The number of benzene rings is 1. The molecule has 1 N–H and O–H groups in total. The molecular formula is C26H31N7O. The number of nitriles is 1. The van der Waals surface area contributed by atoms with Crippen molar-refractivity contribution in [2.75, 3.05) is 25.0 Å². The second kappa shape index (κ2) is 10.1. The highest BCUT2D eigenvalue weighted by atomic mass is 16.1. The standard InChI is InChI=1S/C26H31N7O/c1-5-31(6-2)13-14-32-12-11-20-15-22(7-9-24(20)32)30-25(34)10-8-23-18(3)29-26-21(16-27)17-28-33(26)19(23)4/h7,9,11-12,15,17H,5-6,8,10,13-14H2,1-4H3,(H,30,34). The van der Waals surface area contributed by atoms with Crippen LogP contribution in [0.4, 0.5) is 5.69 Å². The predicted molar refractivity (Wildman–Crippen MR) is 134 cm³/mol. The van der Waals surface area contributed by atoms with Crippen molar-refractivity contribution in [1.82, 2.24) is 24.1 Å². The Morgan fingerprint density at radius 2 is 2.00 bits per heavy atom. The second-order valence-corrected chi connectivity index (χ2v) is 8.52. The largest absolute Gasteiger partial charge is 0.346 e. The van der Waals surface area contributed by atoms with E-state index in [0.717, 1.165) is 54.2 Å². The van der Waals surface area contributed by atoms with E-state index in [2.05, 4.69) is 63.1 Å². The van der Waals surface area contributed by atoms with E-state index in [-0.39, 0.29) is 5.91 Å². The van der Waals surface area contributed by atoms with Gasteiger partial charge >= 0.3 is 0 Å². The zero-order valence-electron chi connectivity index (χ0n) is 20.3. The highest BCUT2D eigenvalue weighted by Gasteiger charge is 2.15. The van der Waals surface area contributed by atoms with E-state index in [4.69, 9.17) is 0 Å². The molecule has 0 saturated heterocycles. The molecule has 8 nitrogen and oxygen atoms in total. The van der Waals surface area contributed by atoms with E-state index in [0.29, 0.717) is 24.1 Å². The van der Waals surface area contributed by atoms with E-state index in [1.165, 1.54) is 11.7 Å². The number of hydrogen-bond acceptors (Lipinski definition) is 5. The number of anilines is 1. The van der Waals surface area contributed by atoms with E-state index in [9.17, 15) is 10.1 Å².